The number of rotatable bonds is 2. The second-order valence-corrected chi connectivity index (χ2v) is 6.35. The van der Waals surface area contributed by atoms with E-state index in [2.05, 4.69) is 5.32 Å². The number of aryl methyl sites for hydroxylation is 1. The van der Waals surface area contributed by atoms with Crippen molar-refractivity contribution in [2.75, 3.05) is 5.75 Å². The topological polar surface area (TPSA) is 29.1 Å². The van der Waals surface area contributed by atoms with E-state index >= 15 is 0 Å². The van der Waals surface area contributed by atoms with Gasteiger partial charge in [-0.05, 0) is 49.2 Å². The van der Waals surface area contributed by atoms with Crippen LogP contribution < -0.4 is 5.32 Å². The van der Waals surface area contributed by atoms with E-state index in [1.54, 1.807) is 23.9 Å². The summed E-state index contributed by atoms with van der Waals surface area (Å²) in [6, 6.07) is 12.2. The van der Waals surface area contributed by atoms with Crippen LogP contribution in [0, 0.1) is 12.7 Å². The second kappa shape index (κ2) is 5.90. The van der Waals surface area contributed by atoms with Gasteiger partial charge in [-0.3, -0.25) is 4.79 Å². The zero-order valence-electron chi connectivity index (χ0n) is 11.7. The average Bonchev–Trinajstić information content (AvgIpc) is 2.48. The smallest absolute Gasteiger partial charge is 0.251 e. The summed E-state index contributed by atoms with van der Waals surface area (Å²) in [4.78, 5) is 13.4. The summed E-state index contributed by atoms with van der Waals surface area (Å²) in [7, 11) is 0. The molecule has 1 aliphatic heterocycles. The minimum absolute atomic E-state index is 0.106. The number of nitrogens with one attached hydrogen (secondary N) is 1. The van der Waals surface area contributed by atoms with Gasteiger partial charge in [-0.2, -0.15) is 0 Å². The average molecular weight is 301 g/mol. The fourth-order valence-corrected chi connectivity index (χ4v) is 3.65. The second-order valence-electron chi connectivity index (χ2n) is 5.21. The molecule has 1 N–H and O–H groups in total. The maximum absolute atomic E-state index is 13.5. The third kappa shape index (κ3) is 3.10. The third-order valence-electron chi connectivity index (χ3n) is 3.60. The van der Waals surface area contributed by atoms with E-state index in [-0.39, 0.29) is 17.8 Å². The summed E-state index contributed by atoms with van der Waals surface area (Å²) < 4.78 is 13.5. The molecular weight excluding hydrogens is 285 g/mol. The number of carbonyl (C=O) groups excluding carboxylic acids is 1. The first-order chi connectivity index (χ1) is 10.1. The van der Waals surface area contributed by atoms with Crippen molar-refractivity contribution in [1.82, 2.24) is 5.32 Å². The summed E-state index contributed by atoms with van der Waals surface area (Å²) in [5, 5.41) is 3.03. The van der Waals surface area contributed by atoms with Crippen molar-refractivity contribution >= 4 is 17.7 Å². The molecular formula is C17H16FNOS. The van der Waals surface area contributed by atoms with Crippen LogP contribution in [0.4, 0.5) is 4.39 Å². The van der Waals surface area contributed by atoms with Gasteiger partial charge in [0.05, 0.1) is 6.04 Å². The van der Waals surface area contributed by atoms with E-state index in [4.69, 9.17) is 0 Å². The molecule has 0 saturated carbocycles. The van der Waals surface area contributed by atoms with Crippen LogP contribution in [0.5, 0.6) is 0 Å². The Balaban J connectivity index is 1.83. The Morgan fingerprint density at radius 1 is 1.29 bits per heavy atom. The van der Waals surface area contributed by atoms with Gasteiger partial charge >= 0.3 is 0 Å². The lowest BCUT2D eigenvalue weighted by Crippen LogP contribution is -2.30. The highest BCUT2D eigenvalue weighted by Gasteiger charge is 2.23. The molecule has 4 heteroatoms. The Hall–Kier alpha value is -1.81. The van der Waals surface area contributed by atoms with Crippen LogP contribution in [0.3, 0.4) is 0 Å². The van der Waals surface area contributed by atoms with E-state index < -0.39 is 0 Å². The third-order valence-corrected chi connectivity index (χ3v) is 4.72. The lowest BCUT2D eigenvalue weighted by atomic mass is 10.0. The van der Waals surface area contributed by atoms with Gasteiger partial charge in [-0.1, -0.05) is 17.7 Å². The molecule has 0 saturated heterocycles. The Labute approximate surface area is 127 Å². The Morgan fingerprint density at radius 2 is 2.14 bits per heavy atom. The molecule has 2 aromatic carbocycles. The number of halogens is 1. The molecule has 21 heavy (non-hydrogen) atoms. The molecule has 1 heterocycles. The normalized spacial score (nSPS) is 17.1. The number of carbonyl (C=O) groups is 1. The minimum atomic E-state index is -0.258. The fourth-order valence-electron chi connectivity index (χ4n) is 2.54. The van der Waals surface area contributed by atoms with E-state index in [0.29, 0.717) is 5.56 Å². The van der Waals surface area contributed by atoms with E-state index in [0.717, 1.165) is 28.2 Å². The number of benzene rings is 2. The number of thioether (sulfide) groups is 1. The van der Waals surface area contributed by atoms with Crippen LogP contribution >= 0.6 is 11.8 Å². The molecule has 0 spiro atoms. The molecule has 1 amide bonds. The Bertz CT molecular complexity index is 686. The van der Waals surface area contributed by atoms with Gasteiger partial charge in [-0.25, -0.2) is 4.39 Å². The molecule has 0 aliphatic carbocycles. The first kappa shape index (κ1) is 14.1. The lowest BCUT2D eigenvalue weighted by molar-refractivity contribution is 0.0935. The monoisotopic (exact) mass is 301 g/mol. The first-order valence-electron chi connectivity index (χ1n) is 6.93. The van der Waals surface area contributed by atoms with Crippen LogP contribution in [-0.2, 0) is 0 Å². The fraction of sp³-hybridized carbons (Fsp3) is 0.235. The molecule has 2 nitrogen and oxygen atoms in total. The highest BCUT2D eigenvalue weighted by atomic mass is 32.2. The molecule has 2 aromatic rings. The van der Waals surface area contributed by atoms with Crippen molar-refractivity contribution in [2.45, 2.75) is 24.3 Å². The zero-order chi connectivity index (χ0) is 14.8. The molecule has 0 radical (unpaired) electrons. The lowest BCUT2D eigenvalue weighted by Gasteiger charge is -2.26. The molecule has 1 atom stereocenters. The number of hydrogen-bond acceptors (Lipinski definition) is 2. The van der Waals surface area contributed by atoms with E-state index in [1.165, 1.54) is 12.1 Å². The van der Waals surface area contributed by atoms with Crippen LogP contribution in [0.25, 0.3) is 0 Å². The summed E-state index contributed by atoms with van der Waals surface area (Å²) in [5.74, 6) is 0.564. The van der Waals surface area contributed by atoms with Gasteiger partial charge < -0.3 is 5.32 Å². The minimum Gasteiger partial charge on any atom is -0.345 e. The van der Waals surface area contributed by atoms with Crippen molar-refractivity contribution in [3.63, 3.8) is 0 Å². The van der Waals surface area contributed by atoms with Gasteiger partial charge in [0.25, 0.3) is 5.91 Å². The standard InChI is InChI=1S/C17H16FNOS/c1-11-3-2-4-12(9-11)17(20)19-15-7-8-21-16-6-5-13(18)10-14(15)16/h2-6,9-10,15H,7-8H2,1H3,(H,19,20). The van der Waals surface area contributed by atoms with Gasteiger partial charge in [-0.15, -0.1) is 11.8 Å². The first-order valence-corrected chi connectivity index (χ1v) is 7.92. The molecule has 1 unspecified atom stereocenters. The summed E-state index contributed by atoms with van der Waals surface area (Å²) in [5.41, 5.74) is 2.58. The quantitative estimate of drug-likeness (QED) is 0.904. The number of hydrogen-bond donors (Lipinski definition) is 1. The number of fused-ring (bicyclic) bond motifs is 1. The van der Waals surface area contributed by atoms with Crippen molar-refractivity contribution in [3.05, 3.63) is 65.0 Å². The van der Waals surface area contributed by atoms with Gasteiger partial charge in [0, 0.05) is 16.2 Å². The molecule has 0 aromatic heterocycles. The van der Waals surface area contributed by atoms with Crippen LogP contribution in [0.2, 0.25) is 0 Å². The maximum Gasteiger partial charge on any atom is 0.251 e. The van der Waals surface area contributed by atoms with Crippen molar-refractivity contribution in [2.24, 2.45) is 0 Å². The highest BCUT2D eigenvalue weighted by molar-refractivity contribution is 7.99. The van der Waals surface area contributed by atoms with E-state index in [1.807, 2.05) is 25.1 Å². The molecule has 108 valence electrons. The zero-order valence-corrected chi connectivity index (χ0v) is 12.5. The number of amides is 1. The van der Waals surface area contributed by atoms with Crippen LogP contribution in [-0.4, -0.2) is 11.7 Å². The van der Waals surface area contributed by atoms with Gasteiger partial charge in [0.1, 0.15) is 5.82 Å². The molecule has 1 aliphatic rings. The van der Waals surface area contributed by atoms with Gasteiger partial charge in [0.2, 0.25) is 0 Å². The van der Waals surface area contributed by atoms with E-state index in [9.17, 15) is 9.18 Å². The predicted octanol–water partition coefficient (Wildman–Crippen LogP) is 4.10. The van der Waals surface area contributed by atoms with Crippen LogP contribution in [0.1, 0.15) is 33.9 Å². The largest absolute Gasteiger partial charge is 0.345 e. The Kier molecular flexibility index (Phi) is 3.97. The Morgan fingerprint density at radius 3 is 2.95 bits per heavy atom. The van der Waals surface area contributed by atoms with Crippen molar-refractivity contribution in [3.8, 4) is 0 Å². The molecule has 0 fully saturated rings. The van der Waals surface area contributed by atoms with Gasteiger partial charge in [0.15, 0.2) is 0 Å². The van der Waals surface area contributed by atoms with Crippen molar-refractivity contribution in [1.29, 1.82) is 0 Å². The van der Waals surface area contributed by atoms with Crippen molar-refractivity contribution < 1.29 is 9.18 Å². The predicted molar refractivity (Wildman–Crippen MR) is 83.1 cm³/mol. The maximum atomic E-state index is 13.5. The molecule has 3 rings (SSSR count). The summed E-state index contributed by atoms with van der Waals surface area (Å²) >= 11 is 1.71. The SMILES string of the molecule is Cc1cccc(C(=O)NC2CCSc3ccc(F)cc32)c1. The summed E-state index contributed by atoms with van der Waals surface area (Å²) in [6.45, 7) is 1.96. The molecule has 0 bridgehead atoms. The van der Waals surface area contributed by atoms with Crippen LogP contribution in [0.15, 0.2) is 47.4 Å². The summed E-state index contributed by atoms with van der Waals surface area (Å²) in [6.07, 6.45) is 0.818. The highest BCUT2D eigenvalue weighted by Crippen LogP contribution is 2.36.